The maximum Gasteiger partial charge on any atom is 0.263 e. The molecule has 0 aliphatic rings. The summed E-state index contributed by atoms with van der Waals surface area (Å²) in [6, 6.07) is 1.91. The molecule has 6 heteroatoms. The van der Waals surface area contributed by atoms with Crippen LogP contribution in [0.25, 0.3) is 0 Å². The molecule has 2 N–H and O–H groups in total. The second kappa shape index (κ2) is 13.4. The molecule has 0 aliphatic carbocycles. The van der Waals surface area contributed by atoms with Gasteiger partial charge in [0.1, 0.15) is 11.6 Å². The monoisotopic (exact) mass is 296 g/mol. The van der Waals surface area contributed by atoms with E-state index in [0.29, 0.717) is 26.3 Å². The lowest BCUT2D eigenvalue weighted by molar-refractivity contribution is -0.117. The summed E-state index contributed by atoms with van der Waals surface area (Å²) in [4.78, 5) is 14.0. The van der Waals surface area contributed by atoms with Crippen molar-refractivity contribution in [3.05, 3.63) is 11.8 Å². The number of rotatable bonds is 12. The van der Waals surface area contributed by atoms with E-state index in [1.165, 1.54) is 6.20 Å². The Kier molecular flexibility index (Phi) is 12.4. The van der Waals surface area contributed by atoms with E-state index in [0.717, 1.165) is 26.1 Å². The van der Waals surface area contributed by atoms with E-state index in [-0.39, 0.29) is 11.5 Å². The molecule has 0 aromatic heterocycles. The number of carbonyl (C=O) groups excluding carboxylic acids is 1. The normalized spacial score (nSPS) is 11.3. The van der Waals surface area contributed by atoms with Gasteiger partial charge in [0.25, 0.3) is 5.91 Å². The van der Waals surface area contributed by atoms with Crippen LogP contribution in [0, 0.1) is 11.3 Å². The molecule has 0 saturated carbocycles. The van der Waals surface area contributed by atoms with Crippen LogP contribution in [0.4, 0.5) is 0 Å². The van der Waals surface area contributed by atoms with Gasteiger partial charge in [0.15, 0.2) is 0 Å². The van der Waals surface area contributed by atoms with Crippen molar-refractivity contribution < 1.29 is 9.53 Å². The van der Waals surface area contributed by atoms with Crippen LogP contribution in [0.2, 0.25) is 0 Å². The summed E-state index contributed by atoms with van der Waals surface area (Å²) in [6.07, 6.45) is 2.23. The van der Waals surface area contributed by atoms with E-state index < -0.39 is 0 Å². The van der Waals surface area contributed by atoms with Gasteiger partial charge < -0.3 is 20.3 Å². The van der Waals surface area contributed by atoms with E-state index in [9.17, 15) is 4.79 Å². The van der Waals surface area contributed by atoms with Gasteiger partial charge in [0.05, 0.1) is 0 Å². The van der Waals surface area contributed by atoms with Gasteiger partial charge in [-0.05, 0) is 26.4 Å². The molecule has 0 heterocycles. The Bertz CT molecular complexity index is 346. The van der Waals surface area contributed by atoms with Gasteiger partial charge in [-0.1, -0.05) is 13.8 Å². The number of hydrogen-bond donors (Lipinski definition) is 2. The van der Waals surface area contributed by atoms with Crippen molar-refractivity contribution in [1.29, 1.82) is 5.26 Å². The minimum Gasteiger partial charge on any atom is -0.388 e. The fourth-order valence-electron chi connectivity index (χ4n) is 1.70. The summed E-state index contributed by atoms with van der Waals surface area (Å²) in [5, 5.41) is 14.7. The predicted octanol–water partition coefficient (Wildman–Crippen LogP) is 0.868. The first kappa shape index (κ1) is 19.4. The lowest BCUT2D eigenvalue weighted by Gasteiger charge is -2.17. The van der Waals surface area contributed by atoms with Crippen molar-refractivity contribution in [1.82, 2.24) is 15.5 Å². The summed E-state index contributed by atoms with van der Waals surface area (Å²) in [7, 11) is 0. The SMILES string of the molecule is CCOCCCNC(=O)/C(C#N)=C\NCCN(CC)CC. The van der Waals surface area contributed by atoms with Crippen molar-refractivity contribution in [3.63, 3.8) is 0 Å². The van der Waals surface area contributed by atoms with Gasteiger partial charge >= 0.3 is 0 Å². The Morgan fingerprint density at radius 2 is 2.00 bits per heavy atom. The molecular formula is C15H28N4O2. The number of hydrogen-bond acceptors (Lipinski definition) is 5. The third-order valence-corrected chi connectivity index (χ3v) is 3.03. The summed E-state index contributed by atoms with van der Waals surface area (Å²) in [6.45, 7) is 11.5. The van der Waals surface area contributed by atoms with E-state index >= 15 is 0 Å². The van der Waals surface area contributed by atoms with Crippen LogP contribution in [0.15, 0.2) is 11.8 Å². The number of carbonyl (C=O) groups is 1. The first-order valence-corrected chi connectivity index (χ1v) is 7.61. The van der Waals surface area contributed by atoms with Crippen LogP contribution in [0.5, 0.6) is 0 Å². The van der Waals surface area contributed by atoms with Crippen molar-refractivity contribution in [2.24, 2.45) is 0 Å². The number of amides is 1. The molecule has 0 fully saturated rings. The van der Waals surface area contributed by atoms with E-state index in [4.69, 9.17) is 10.00 Å². The standard InChI is InChI=1S/C15H28N4O2/c1-4-19(5-2)10-9-17-13-14(12-16)15(20)18-8-7-11-21-6-3/h13,17H,4-11H2,1-3H3,(H,18,20)/b14-13-. The van der Waals surface area contributed by atoms with Crippen molar-refractivity contribution in [2.75, 3.05) is 45.9 Å². The smallest absolute Gasteiger partial charge is 0.263 e. The highest BCUT2D eigenvalue weighted by Crippen LogP contribution is 1.91. The molecule has 0 rings (SSSR count). The molecule has 0 radical (unpaired) electrons. The molecule has 0 aromatic rings. The molecule has 0 atom stereocenters. The predicted molar refractivity (Wildman–Crippen MR) is 83.6 cm³/mol. The number of likely N-dealkylation sites (N-methyl/N-ethyl adjacent to an activating group) is 1. The molecule has 0 aliphatic heterocycles. The molecule has 6 nitrogen and oxygen atoms in total. The summed E-state index contributed by atoms with van der Waals surface area (Å²) >= 11 is 0. The van der Waals surface area contributed by atoms with Crippen LogP contribution in [-0.2, 0) is 9.53 Å². The minimum absolute atomic E-state index is 0.103. The average molecular weight is 296 g/mol. The summed E-state index contributed by atoms with van der Waals surface area (Å²) in [5.74, 6) is -0.343. The Hall–Kier alpha value is -1.58. The van der Waals surface area contributed by atoms with Crippen molar-refractivity contribution >= 4 is 5.91 Å². The number of nitrogens with one attached hydrogen (secondary N) is 2. The summed E-state index contributed by atoms with van der Waals surface area (Å²) < 4.78 is 5.18. The molecule has 1 amide bonds. The van der Waals surface area contributed by atoms with Gasteiger partial charge in [-0.3, -0.25) is 4.79 Å². The van der Waals surface area contributed by atoms with Crippen LogP contribution >= 0.6 is 0 Å². The van der Waals surface area contributed by atoms with Crippen LogP contribution in [0.3, 0.4) is 0 Å². The largest absolute Gasteiger partial charge is 0.388 e. The quantitative estimate of drug-likeness (QED) is 0.317. The molecule has 0 bridgehead atoms. The second-order valence-corrected chi connectivity index (χ2v) is 4.46. The summed E-state index contributed by atoms with van der Waals surface area (Å²) in [5.41, 5.74) is 0.103. The van der Waals surface area contributed by atoms with Crippen molar-refractivity contribution in [3.8, 4) is 6.07 Å². The lowest BCUT2D eigenvalue weighted by Crippen LogP contribution is -2.31. The first-order valence-electron chi connectivity index (χ1n) is 7.61. The maximum absolute atomic E-state index is 11.8. The molecule has 0 unspecified atom stereocenters. The van der Waals surface area contributed by atoms with Gasteiger partial charge in [0, 0.05) is 39.0 Å². The molecule has 21 heavy (non-hydrogen) atoms. The number of nitrogens with zero attached hydrogens (tertiary/aromatic N) is 2. The zero-order chi connectivity index (χ0) is 15.9. The highest BCUT2D eigenvalue weighted by Gasteiger charge is 2.07. The third kappa shape index (κ3) is 9.88. The van der Waals surface area contributed by atoms with Crippen LogP contribution < -0.4 is 10.6 Å². The van der Waals surface area contributed by atoms with Gasteiger partial charge in [-0.2, -0.15) is 5.26 Å². The maximum atomic E-state index is 11.8. The molecular weight excluding hydrogens is 268 g/mol. The fourth-order valence-corrected chi connectivity index (χ4v) is 1.70. The zero-order valence-electron chi connectivity index (χ0n) is 13.4. The molecule has 120 valence electrons. The molecule has 0 spiro atoms. The zero-order valence-corrected chi connectivity index (χ0v) is 13.4. The van der Waals surface area contributed by atoms with Crippen molar-refractivity contribution in [2.45, 2.75) is 27.2 Å². The third-order valence-electron chi connectivity index (χ3n) is 3.03. The fraction of sp³-hybridized carbons (Fsp3) is 0.733. The Morgan fingerprint density at radius 1 is 1.29 bits per heavy atom. The number of ether oxygens (including phenoxy) is 1. The van der Waals surface area contributed by atoms with E-state index in [2.05, 4.69) is 29.4 Å². The second-order valence-electron chi connectivity index (χ2n) is 4.46. The van der Waals surface area contributed by atoms with Gasteiger partial charge in [-0.15, -0.1) is 0 Å². The number of nitriles is 1. The average Bonchev–Trinajstić information content (AvgIpc) is 2.50. The highest BCUT2D eigenvalue weighted by molar-refractivity contribution is 5.97. The van der Waals surface area contributed by atoms with Crippen LogP contribution in [-0.4, -0.2) is 56.7 Å². The lowest BCUT2D eigenvalue weighted by atomic mass is 10.3. The van der Waals surface area contributed by atoms with Crippen LogP contribution in [0.1, 0.15) is 27.2 Å². The molecule has 0 saturated heterocycles. The molecule has 0 aromatic carbocycles. The van der Waals surface area contributed by atoms with E-state index in [1.807, 2.05) is 13.0 Å². The Labute approximate surface area is 128 Å². The Balaban J connectivity index is 3.98. The highest BCUT2D eigenvalue weighted by atomic mass is 16.5. The first-order chi connectivity index (χ1) is 10.2. The van der Waals surface area contributed by atoms with Gasteiger partial charge in [0.2, 0.25) is 0 Å². The minimum atomic E-state index is -0.343. The topological polar surface area (TPSA) is 77.4 Å². The Morgan fingerprint density at radius 3 is 2.57 bits per heavy atom. The van der Waals surface area contributed by atoms with E-state index in [1.54, 1.807) is 0 Å². The van der Waals surface area contributed by atoms with Gasteiger partial charge in [-0.25, -0.2) is 0 Å².